The second-order valence-electron chi connectivity index (χ2n) is 6.27. The maximum atomic E-state index is 12.5. The Morgan fingerprint density at radius 2 is 2.04 bits per heavy atom. The van der Waals surface area contributed by atoms with Crippen LogP contribution in [-0.4, -0.2) is 41.2 Å². The van der Waals surface area contributed by atoms with Gasteiger partial charge in [-0.05, 0) is 17.7 Å². The summed E-state index contributed by atoms with van der Waals surface area (Å²) >= 11 is 0. The van der Waals surface area contributed by atoms with Gasteiger partial charge in [0.25, 0.3) is 0 Å². The van der Waals surface area contributed by atoms with Crippen molar-refractivity contribution in [3.05, 3.63) is 48.3 Å². The minimum absolute atomic E-state index is 0. The summed E-state index contributed by atoms with van der Waals surface area (Å²) in [6, 6.07) is 9.29. The molecule has 0 aliphatic carbocycles. The number of nitrogens with one attached hydrogen (secondary N) is 3. The monoisotopic (exact) mass is 377 g/mol. The van der Waals surface area contributed by atoms with Crippen LogP contribution in [0.3, 0.4) is 0 Å². The molecular weight excluding hydrogens is 354 g/mol. The molecule has 2 heterocycles. The Hall–Kier alpha value is -2.38. The van der Waals surface area contributed by atoms with E-state index in [0.717, 1.165) is 17.8 Å². The number of anilines is 1. The van der Waals surface area contributed by atoms with E-state index in [1.807, 2.05) is 49.8 Å². The molecule has 2 amide bonds. The van der Waals surface area contributed by atoms with E-state index in [1.54, 1.807) is 4.68 Å². The Morgan fingerprint density at radius 3 is 2.73 bits per heavy atom. The summed E-state index contributed by atoms with van der Waals surface area (Å²) in [6.07, 6.45) is 4.01. The maximum Gasteiger partial charge on any atom is 0.226 e. The predicted molar refractivity (Wildman–Crippen MR) is 102 cm³/mol. The van der Waals surface area contributed by atoms with Crippen molar-refractivity contribution in [3.63, 3.8) is 0 Å². The molecule has 2 aromatic rings. The Bertz CT molecular complexity index is 734. The van der Waals surface area contributed by atoms with Crippen LogP contribution in [0.2, 0.25) is 0 Å². The van der Waals surface area contributed by atoms with Crippen molar-refractivity contribution in [2.45, 2.75) is 12.3 Å². The van der Waals surface area contributed by atoms with Crippen molar-refractivity contribution in [1.82, 2.24) is 20.4 Å². The molecule has 1 aliphatic heterocycles. The molecule has 1 aromatic carbocycles. The van der Waals surface area contributed by atoms with Gasteiger partial charge < -0.3 is 16.0 Å². The highest BCUT2D eigenvalue weighted by Crippen LogP contribution is 2.27. The van der Waals surface area contributed by atoms with E-state index >= 15 is 0 Å². The van der Waals surface area contributed by atoms with E-state index in [-0.39, 0.29) is 42.5 Å². The summed E-state index contributed by atoms with van der Waals surface area (Å²) in [5, 5.41) is 13.1. The van der Waals surface area contributed by atoms with E-state index in [4.69, 9.17) is 0 Å². The van der Waals surface area contributed by atoms with Gasteiger partial charge in [0.1, 0.15) is 0 Å². The minimum Gasteiger partial charge on any atom is -0.355 e. The van der Waals surface area contributed by atoms with Crippen molar-refractivity contribution in [2.75, 3.05) is 25.0 Å². The lowest BCUT2D eigenvalue weighted by Gasteiger charge is -2.17. The summed E-state index contributed by atoms with van der Waals surface area (Å²) < 4.78 is 1.75. The molecule has 1 aromatic heterocycles. The molecule has 26 heavy (non-hydrogen) atoms. The second-order valence-corrected chi connectivity index (χ2v) is 6.27. The Balaban J connectivity index is 0.00000243. The fraction of sp³-hybridized carbons (Fsp3) is 0.389. The zero-order valence-corrected chi connectivity index (χ0v) is 15.5. The Kier molecular flexibility index (Phi) is 7.17. The molecule has 1 fully saturated rings. The number of nitrogens with zero attached hydrogens (tertiary/aromatic N) is 2. The van der Waals surface area contributed by atoms with Crippen LogP contribution < -0.4 is 16.0 Å². The number of carbonyl (C=O) groups is 2. The number of aryl methyl sites for hydroxylation is 1. The number of carbonyl (C=O) groups excluding carboxylic acids is 2. The summed E-state index contributed by atoms with van der Waals surface area (Å²) in [5.74, 6) is -0.153. The van der Waals surface area contributed by atoms with E-state index in [0.29, 0.717) is 13.1 Å². The van der Waals surface area contributed by atoms with Gasteiger partial charge in [-0.15, -0.1) is 12.4 Å². The molecule has 0 unspecified atom stereocenters. The van der Waals surface area contributed by atoms with Crippen LogP contribution >= 0.6 is 12.4 Å². The average molecular weight is 378 g/mol. The van der Waals surface area contributed by atoms with Crippen LogP contribution in [0.5, 0.6) is 0 Å². The van der Waals surface area contributed by atoms with Crippen molar-refractivity contribution in [2.24, 2.45) is 13.0 Å². The minimum atomic E-state index is -0.138. The van der Waals surface area contributed by atoms with Gasteiger partial charge in [-0.1, -0.05) is 18.2 Å². The molecular formula is C18H24ClN5O2. The highest BCUT2D eigenvalue weighted by atomic mass is 35.5. The van der Waals surface area contributed by atoms with Gasteiger partial charge in [0, 0.05) is 50.9 Å². The van der Waals surface area contributed by atoms with E-state index in [9.17, 15) is 9.59 Å². The summed E-state index contributed by atoms with van der Waals surface area (Å²) in [5.41, 5.74) is 1.82. The van der Waals surface area contributed by atoms with Gasteiger partial charge in [0.05, 0.1) is 12.1 Å². The zero-order chi connectivity index (χ0) is 17.6. The molecule has 7 nitrogen and oxygen atoms in total. The van der Waals surface area contributed by atoms with Gasteiger partial charge in [-0.2, -0.15) is 5.10 Å². The fourth-order valence-corrected chi connectivity index (χ4v) is 3.11. The smallest absolute Gasteiger partial charge is 0.226 e. The zero-order valence-electron chi connectivity index (χ0n) is 14.6. The van der Waals surface area contributed by atoms with Gasteiger partial charge in [0.15, 0.2) is 0 Å². The number of hydrogen-bond acceptors (Lipinski definition) is 4. The summed E-state index contributed by atoms with van der Waals surface area (Å²) in [7, 11) is 1.87. The molecule has 2 atom stereocenters. The van der Waals surface area contributed by atoms with Crippen molar-refractivity contribution < 1.29 is 9.59 Å². The third kappa shape index (κ3) is 5.06. The van der Waals surface area contributed by atoms with Crippen LogP contribution in [-0.2, 0) is 16.6 Å². The first kappa shape index (κ1) is 19.9. The normalized spacial score (nSPS) is 18.8. The van der Waals surface area contributed by atoms with Crippen molar-refractivity contribution in [3.8, 4) is 0 Å². The van der Waals surface area contributed by atoms with E-state index < -0.39 is 0 Å². The fourth-order valence-electron chi connectivity index (χ4n) is 3.11. The molecule has 0 radical (unpaired) electrons. The number of para-hydroxylation sites is 1. The first-order valence-corrected chi connectivity index (χ1v) is 8.45. The molecule has 3 rings (SSSR count). The van der Waals surface area contributed by atoms with Gasteiger partial charge in [-0.3, -0.25) is 14.3 Å². The molecule has 0 saturated carbocycles. The first-order valence-electron chi connectivity index (χ1n) is 8.45. The highest BCUT2D eigenvalue weighted by molar-refractivity contribution is 5.91. The van der Waals surface area contributed by atoms with Gasteiger partial charge in [-0.25, -0.2) is 0 Å². The topological polar surface area (TPSA) is 88.0 Å². The quantitative estimate of drug-likeness (QED) is 0.707. The lowest BCUT2D eigenvalue weighted by molar-refractivity contribution is -0.124. The Labute approximate surface area is 159 Å². The number of halogens is 1. The molecule has 8 heteroatoms. The Morgan fingerprint density at radius 1 is 1.27 bits per heavy atom. The van der Waals surface area contributed by atoms with Crippen molar-refractivity contribution in [1.29, 1.82) is 0 Å². The average Bonchev–Trinajstić information content (AvgIpc) is 3.24. The molecule has 0 bridgehead atoms. The lowest BCUT2D eigenvalue weighted by atomic mass is 9.90. The van der Waals surface area contributed by atoms with Crippen LogP contribution in [0.1, 0.15) is 17.9 Å². The third-order valence-electron chi connectivity index (χ3n) is 4.41. The number of rotatable bonds is 6. The molecule has 1 aliphatic rings. The standard InChI is InChI=1S/C18H23N5O2.ClH/c1-23-12-13(9-21-23)15-10-19-11-16(15)18(25)20-8-7-17(24)22-14-5-3-2-4-6-14;/h2-6,9,12,15-16,19H,7-8,10-11H2,1H3,(H,20,25)(H,22,24);1H/t15-,16+;/m1./s1. The summed E-state index contributed by atoms with van der Waals surface area (Å²) in [6.45, 7) is 1.73. The SMILES string of the molecule is Cl.Cn1cc([C@H]2CNC[C@@H]2C(=O)NCCC(=O)Nc2ccccc2)cn1. The van der Waals surface area contributed by atoms with Gasteiger partial charge in [0.2, 0.25) is 11.8 Å². The highest BCUT2D eigenvalue weighted by Gasteiger charge is 2.34. The number of hydrogen-bond donors (Lipinski definition) is 3. The lowest BCUT2D eigenvalue weighted by Crippen LogP contribution is -2.36. The maximum absolute atomic E-state index is 12.5. The van der Waals surface area contributed by atoms with Crippen molar-refractivity contribution >= 4 is 29.9 Å². The van der Waals surface area contributed by atoms with E-state index in [1.165, 1.54) is 0 Å². The van der Waals surface area contributed by atoms with Gasteiger partial charge >= 0.3 is 0 Å². The van der Waals surface area contributed by atoms with Crippen LogP contribution in [0, 0.1) is 5.92 Å². The number of aromatic nitrogens is 2. The molecule has 1 saturated heterocycles. The molecule has 140 valence electrons. The molecule has 3 N–H and O–H groups in total. The second kappa shape index (κ2) is 9.35. The van der Waals surface area contributed by atoms with Crippen LogP contribution in [0.15, 0.2) is 42.7 Å². The summed E-state index contributed by atoms with van der Waals surface area (Å²) in [4.78, 5) is 24.4. The van der Waals surface area contributed by atoms with E-state index in [2.05, 4.69) is 21.0 Å². The first-order chi connectivity index (χ1) is 12.1. The number of amides is 2. The molecule has 0 spiro atoms. The van der Waals surface area contributed by atoms with Crippen LogP contribution in [0.4, 0.5) is 5.69 Å². The largest absolute Gasteiger partial charge is 0.355 e. The van der Waals surface area contributed by atoms with Crippen LogP contribution in [0.25, 0.3) is 0 Å². The number of benzene rings is 1. The third-order valence-corrected chi connectivity index (χ3v) is 4.41. The predicted octanol–water partition coefficient (Wildman–Crippen LogP) is 1.29.